The van der Waals surface area contributed by atoms with E-state index in [1.54, 1.807) is 17.1 Å². The molecule has 1 aliphatic heterocycles. The summed E-state index contributed by atoms with van der Waals surface area (Å²) in [4.78, 5) is 0.930. The van der Waals surface area contributed by atoms with Gasteiger partial charge < -0.3 is 5.11 Å². The molecular weight excluding hydrogens is 266 g/mol. The molecule has 90 valence electrons. The number of aliphatic hydroxyl groups excluding tert-OH is 1. The van der Waals surface area contributed by atoms with Gasteiger partial charge in [0.05, 0.1) is 11.5 Å². The van der Waals surface area contributed by atoms with Crippen LogP contribution >= 0.6 is 23.1 Å². The standard InChI is InChI=1S/C9H13NO3S3/c11-4-8-3-9(6-15-8)16(12,13)10-7-1-2-14-5-7/h3,6-7,10-11H,1-2,4-5H2. The van der Waals surface area contributed by atoms with Crippen LogP contribution in [0.25, 0.3) is 0 Å². The summed E-state index contributed by atoms with van der Waals surface area (Å²) in [5, 5.41) is 10.5. The summed E-state index contributed by atoms with van der Waals surface area (Å²) in [6, 6.07) is 1.57. The van der Waals surface area contributed by atoms with E-state index in [9.17, 15) is 8.42 Å². The summed E-state index contributed by atoms with van der Waals surface area (Å²) in [5.41, 5.74) is 0. The minimum Gasteiger partial charge on any atom is -0.391 e. The highest BCUT2D eigenvalue weighted by molar-refractivity contribution is 7.99. The van der Waals surface area contributed by atoms with Gasteiger partial charge in [0.1, 0.15) is 0 Å². The zero-order valence-electron chi connectivity index (χ0n) is 8.55. The molecule has 1 atom stereocenters. The van der Waals surface area contributed by atoms with Gasteiger partial charge in [-0.05, 0) is 18.2 Å². The molecule has 0 amide bonds. The predicted molar refractivity (Wildman–Crippen MR) is 66.3 cm³/mol. The molecule has 2 heterocycles. The molecule has 0 aromatic carbocycles. The van der Waals surface area contributed by atoms with Gasteiger partial charge in [0.15, 0.2) is 0 Å². The first-order valence-electron chi connectivity index (χ1n) is 4.90. The number of sulfonamides is 1. The maximum atomic E-state index is 11.9. The second kappa shape index (κ2) is 5.05. The summed E-state index contributed by atoms with van der Waals surface area (Å²) in [5.74, 6) is 1.86. The molecule has 0 bridgehead atoms. The van der Waals surface area contributed by atoms with Crippen molar-refractivity contribution < 1.29 is 13.5 Å². The Morgan fingerprint density at radius 3 is 2.94 bits per heavy atom. The monoisotopic (exact) mass is 279 g/mol. The normalized spacial score (nSPS) is 21.4. The quantitative estimate of drug-likeness (QED) is 0.864. The summed E-state index contributed by atoms with van der Waals surface area (Å²) in [7, 11) is -3.40. The maximum absolute atomic E-state index is 11.9. The number of thiophene rings is 1. The Morgan fingerprint density at radius 2 is 2.38 bits per heavy atom. The Balaban J connectivity index is 2.11. The van der Waals surface area contributed by atoms with Crippen molar-refractivity contribution in [2.24, 2.45) is 0 Å². The second-order valence-electron chi connectivity index (χ2n) is 3.59. The van der Waals surface area contributed by atoms with Crippen molar-refractivity contribution in [1.29, 1.82) is 0 Å². The van der Waals surface area contributed by atoms with Crippen molar-refractivity contribution in [1.82, 2.24) is 4.72 Å². The fourth-order valence-electron chi connectivity index (χ4n) is 1.50. The van der Waals surface area contributed by atoms with Gasteiger partial charge in [0.25, 0.3) is 0 Å². The molecule has 0 radical (unpaired) electrons. The second-order valence-corrected chi connectivity index (χ2v) is 7.45. The average Bonchev–Trinajstić information content (AvgIpc) is 2.85. The van der Waals surface area contributed by atoms with Gasteiger partial charge >= 0.3 is 0 Å². The molecule has 1 aliphatic rings. The van der Waals surface area contributed by atoms with Gasteiger partial charge in [-0.15, -0.1) is 11.3 Å². The Labute approximate surface area is 103 Å². The molecule has 2 rings (SSSR count). The van der Waals surface area contributed by atoms with Crippen LogP contribution in [-0.2, 0) is 16.6 Å². The maximum Gasteiger partial charge on any atom is 0.241 e. The molecule has 4 nitrogen and oxygen atoms in total. The van der Waals surface area contributed by atoms with E-state index in [0.717, 1.165) is 17.9 Å². The van der Waals surface area contributed by atoms with Gasteiger partial charge in [-0.25, -0.2) is 13.1 Å². The van der Waals surface area contributed by atoms with Crippen molar-refractivity contribution in [2.75, 3.05) is 11.5 Å². The average molecular weight is 279 g/mol. The van der Waals surface area contributed by atoms with Crippen LogP contribution in [0.1, 0.15) is 11.3 Å². The van der Waals surface area contributed by atoms with E-state index in [2.05, 4.69) is 4.72 Å². The third-order valence-electron chi connectivity index (χ3n) is 2.35. The third kappa shape index (κ3) is 2.78. The third-order valence-corrected chi connectivity index (χ3v) is 6.08. The fraction of sp³-hybridized carbons (Fsp3) is 0.556. The van der Waals surface area contributed by atoms with Crippen LogP contribution < -0.4 is 4.72 Å². The van der Waals surface area contributed by atoms with E-state index < -0.39 is 10.0 Å². The zero-order valence-corrected chi connectivity index (χ0v) is 11.0. The number of aliphatic hydroxyl groups is 1. The molecule has 1 saturated heterocycles. The molecule has 1 fully saturated rings. The smallest absolute Gasteiger partial charge is 0.241 e. The van der Waals surface area contributed by atoms with E-state index in [1.165, 1.54) is 17.4 Å². The highest BCUT2D eigenvalue weighted by Gasteiger charge is 2.23. The van der Waals surface area contributed by atoms with E-state index in [-0.39, 0.29) is 17.5 Å². The summed E-state index contributed by atoms with van der Waals surface area (Å²) >= 11 is 3.02. The first-order chi connectivity index (χ1) is 7.62. The first kappa shape index (κ1) is 12.4. The summed E-state index contributed by atoms with van der Waals surface area (Å²) in [6.45, 7) is -0.112. The Bertz CT molecular complexity index is 448. The molecule has 0 aliphatic carbocycles. The van der Waals surface area contributed by atoms with Gasteiger partial charge in [0, 0.05) is 22.1 Å². The van der Waals surface area contributed by atoms with E-state index in [1.807, 2.05) is 0 Å². The number of hydrogen-bond donors (Lipinski definition) is 2. The van der Waals surface area contributed by atoms with Crippen LogP contribution in [0.5, 0.6) is 0 Å². The predicted octanol–water partition coefficient (Wildman–Crippen LogP) is 1.02. The largest absolute Gasteiger partial charge is 0.391 e. The van der Waals surface area contributed by atoms with Crippen LogP contribution in [0.2, 0.25) is 0 Å². The molecular formula is C9H13NO3S3. The van der Waals surface area contributed by atoms with Crippen molar-refractivity contribution >= 4 is 33.1 Å². The topological polar surface area (TPSA) is 66.4 Å². The molecule has 1 aromatic rings. The lowest BCUT2D eigenvalue weighted by Gasteiger charge is -2.10. The van der Waals surface area contributed by atoms with Gasteiger partial charge in [-0.1, -0.05) is 0 Å². The van der Waals surface area contributed by atoms with Crippen molar-refractivity contribution in [3.63, 3.8) is 0 Å². The highest BCUT2D eigenvalue weighted by Crippen LogP contribution is 2.22. The lowest BCUT2D eigenvalue weighted by atomic mass is 10.3. The van der Waals surface area contributed by atoms with Crippen LogP contribution in [0.4, 0.5) is 0 Å². The van der Waals surface area contributed by atoms with Crippen molar-refractivity contribution in [3.8, 4) is 0 Å². The van der Waals surface area contributed by atoms with Crippen molar-refractivity contribution in [3.05, 3.63) is 16.3 Å². The van der Waals surface area contributed by atoms with Crippen LogP contribution in [0, 0.1) is 0 Å². The highest BCUT2D eigenvalue weighted by atomic mass is 32.2. The Kier molecular flexibility index (Phi) is 3.91. The molecule has 0 spiro atoms. The number of thioether (sulfide) groups is 1. The minimum atomic E-state index is -3.40. The van der Waals surface area contributed by atoms with E-state index in [0.29, 0.717) is 4.88 Å². The lowest BCUT2D eigenvalue weighted by molar-refractivity contribution is 0.285. The molecule has 1 aromatic heterocycles. The fourth-order valence-corrected chi connectivity index (χ4v) is 5.16. The molecule has 2 N–H and O–H groups in total. The first-order valence-corrected chi connectivity index (χ1v) is 8.42. The molecule has 1 unspecified atom stereocenters. The van der Waals surface area contributed by atoms with Crippen LogP contribution in [0.15, 0.2) is 16.3 Å². The number of hydrogen-bond acceptors (Lipinski definition) is 5. The Hall–Kier alpha value is -0.0800. The van der Waals surface area contributed by atoms with Crippen molar-refractivity contribution in [2.45, 2.75) is 24.0 Å². The molecule has 7 heteroatoms. The SMILES string of the molecule is O=S(=O)(NC1CCSC1)c1csc(CO)c1. The minimum absolute atomic E-state index is 0.0486. The van der Waals surface area contributed by atoms with Crippen LogP contribution in [0.3, 0.4) is 0 Å². The van der Waals surface area contributed by atoms with E-state index in [4.69, 9.17) is 5.11 Å². The number of nitrogens with one attached hydrogen (secondary N) is 1. The van der Waals surface area contributed by atoms with Gasteiger partial charge in [0.2, 0.25) is 10.0 Å². The molecule has 16 heavy (non-hydrogen) atoms. The molecule has 0 saturated carbocycles. The zero-order chi connectivity index (χ0) is 11.6. The summed E-state index contributed by atoms with van der Waals surface area (Å²) in [6.07, 6.45) is 0.890. The Morgan fingerprint density at radius 1 is 1.56 bits per heavy atom. The number of rotatable bonds is 4. The lowest BCUT2D eigenvalue weighted by Crippen LogP contribution is -2.34. The van der Waals surface area contributed by atoms with E-state index >= 15 is 0 Å². The summed E-state index contributed by atoms with van der Waals surface area (Å²) < 4.78 is 26.5. The van der Waals surface area contributed by atoms with Gasteiger partial charge in [-0.3, -0.25) is 0 Å². The van der Waals surface area contributed by atoms with Crippen LogP contribution in [-0.4, -0.2) is 31.1 Å². The van der Waals surface area contributed by atoms with Gasteiger partial charge in [-0.2, -0.15) is 11.8 Å².